The Morgan fingerprint density at radius 1 is 1.50 bits per heavy atom. The lowest BCUT2D eigenvalue weighted by Gasteiger charge is -2.22. The zero-order valence-corrected chi connectivity index (χ0v) is 12.4. The Morgan fingerprint density at radius 3 is 2.81 bits per heavy atom. The fourth-order valence-electron chi connectivity index (χ4n) is 2.80. The van der Waals surface area contributed by atoms with Gasteiger partial charge in [0.25, 0.3) is 0 Å². The average molecular weight is 302 g/mol. The van der Waals surface area contributed by atoms with Crippen LogP contribution in [-0.2, 0) is 6.42 Å². The maximum absolute atomic E-state index is 3.54. The number of hydrogen-bond acceptors (Lipinski definition) is 2. The second-order valence-electron chi connectivity index (χ2n) is 4.98. The predicted octanol–water partition coefficient (Wildman–Crippen LogP) is 4.08. The van der Waals surface area contributed by atoms with Crippen molar-refractivity contribution in [1.82, 2.24) is 5.32 Å². The molecule has 1 aliphatic rings. The number of likely N-dealkylation sites (N-methyl/N-ethyl adjacent to an activating group) is 1. The van der Waals surface area contributed by atoms with Crippen molar-refractivity contribution < 1.29 is 0 Å². The molecule has 1 nitrogen and oxygen atoms in total. The monoisotopic (exact) mass is 301 g/mol. The van der Waals surface area contributed by atoms with Gasteiger partial charge in [-0.05, 0) is 66.2 Å². The van der Waals surface area contributed by atoms with Crippen LogP contribution in [-0.4, -0.2) is 13.1 Å². The topological polar surface area (TPSA) is 12.0 Å². The molecule has 1 aromatic heterocycles. The van der Waals surface area contributed by atoms with Crippen LogP contribution in [0.15, 0.2) is 15.9 Å². The van der Waals surface area contributed by atoms with E-state index in [2.05, 4.69) is 47.4 Å². The summed E-state index contributed by atoms with van der Waals surface area (Å²) in [6.07, 6.45) is 5.40. The summed E-state index contributed by atoms with van der Waals surface area (Å²) in [5, 5.41) is 3.51. The van der Waals surface area contributed by atoms with Gasteiger partial charge in [-0.3, -0.25) is 0 Å². The second-order valence-corrected chi connectivity index (χ2v) is 7.53. The van der Waals surface area contributed by atoms with Crippen molar-refractivity contribution in [2.75, 3.05) is 7.05 Å². The van der Waals surface area contributed by atoms with E-state index < -0.39 is 0 Å². The first kappa shape index (κ1) is 12.6. The number of halogens is 1. The van der Waals surface area contributed by atoms with E-state index in [1.165, 1.54) is 34.3 Å². The van der Waals surface area contributed by atoms with Crippen LogP contribution in [0.25, 0.3) is 0 Å². The Morgan fingerprint density at radius 2 is 2.31 bits per heavy atom. The van der Waals surface area contributed by atoms with Crippen molar-refractivity contribution >= 4 is 27.3 Å². The minimum Gasteiger partial charge on any atom is -0.316 e. The van der Waals surface area contributed by atoms with E-state index in [0.717, 1.165) is 11.8 Å². The third-order valence-corrected chi connectivity index (χ3v) is 5.37. The van der Waals surface area contributed by atoms with Gasteiger partial charge in [-0.15, -0.1) is 11.3 Å². The van der Waals surface area contributed by atoms with E-state index in [4.69, 9.17) is 0 Å². The van der Waals surface area contributed by atoms with Gasteiger partial charge in [0.05, 0.1) is 3.79 Å². The molecule has 2 rings (SSSR count). The van der Waals surface area contributed by atoms with Crippen LogP contribution in [0, 0.1) is 11.8 Å². The summed E-state index contributed by atoms with van der Waals surface area (Å²) >= 11 is 5.40. The molecule has 3 unspecified atom stereocenters. The Labute approximate surface area is 111 Å². The summed E-state index contributed by atoms with van der Waals surface area (Å²) in [5.74, 6) is 1.80. The molecule has 1 aliphatic carbocycles. The standard InChI is InChI=1S/C13H20BrNS/c1-9-3-4-10(7-9)12(15-2)8-11-5-6-13(14)16-11/h5-6,9-10,12,15H,3-4,7-8H2,1-2H3. The molecule has 1 aromatic rings. The molecule has 1 saturated carbocycles. The van der Waals surface area contributed by atoms with Crippen molar-refractivity contribution in [3.05, 3.63) is 20.8 Å². The highest BCUT2D eigenvalue weighted by Gasteiger charge is 2.28. The zero-order valence-electron chi connectivity index (χ0n) is 10.0. The number of nitrogens with one attached hydrogen (secondary N) is 1. The van der Waals surface area contributed by atoms with E-state index in [9.17, 15) is 0 Å². The summed E-state index contributed by atoms with van der Waals surface area (Å²) in [6, 6.07) is 5.07. The molecule has 0 aromatic carbocycles. The van der Waals surface area contributed by atoms with Crippen molar-refractivity contribution in [1.29, 1.82) is 0 Å². The Bertz CT molecular complexity index is 336. The molecule has 1 fully saturated rings. The zero-order chi connectivity index (χ0) is 11.5. The molecule has 0 spiro atoms. The van der Waals surface area contributed by atoms with Crippen LogP contribution < -0.4 is 5.32 Å². The largest absolute Gasteiger partial charge is 0.316 e. The lowest BCUT2D eigenvalue weighted by molar-refractivity contribution is 0.369. The van der Waals surface area contributed by atoms with Gasteiger partial charge >= 0.3 is 0 Å². The fraction of sp³-hybridized carbons (Fsp3) is 0.692. The summed E-state index contributed by atoms with van der Waals surface area (Å²) in [4.78, 5) is 1.49. The van der Waals surface area contributed by atoms with Gasteiger partial charge in [0.2, 0.25) is 0 Å². The lowest BCUT2D eigenvalue weighted by atomic mass is 9.94. The van der Waals surface area contributed by atoms with Crippen LogP contribution in [0.5, 0.6) is 0 Å². The number of hydrogen-bond donors (Lipinski definition) is 1. The number of thiophene rings is 1. The smallest absolute Gasteiger partial charge is 0.0701 e. The highest BCUT2D eigenvalue weighted by Crippen LogP contribution is 2.34. The van der Waals surface area contributed by atoms with E-state index in [1.807, 2.05) is 11.3 Å². The first-order valence-corrected chi connectivity index (χ1v) is 7.71. The van der Waals surface area contributed by atoms with Gasteiger partial charge < -0.3 is 5.32 Å². The quantitative estimate of drug-likeness (QED) is 0.884. The summed E-state index contributed by atoms with van der Waals surface area (Å²) in [6.45, 7) is 2.38. The Kier molecular flexibility index (Phi) is 4.45. The first-order chi connectivity index (χ1) is 7.69. The molecule has 3 atom stereocenters. The third kappa shape index (κ3) is 3.08. The van der Waals surface area contributed by atoms with Gasteiger partial charge in [-0.25, -0.2) is 0 Å². The molecule has 1 N–H and O–H groups in total. The minimum atomic E-state index is 0.663. The van der Waals surface area contributed by atoms with E-state index in [1.54, 1.807) is 0 Å². The molecule has 0 amide bonds. The molecule has 0 radical (unpaired) electrons. The van der Waals surface area contributed by atoms with Crippen molar-refractivity contribution in [2.24, 2.45) is 11.8 Å². The van der Waals surface area contributed by atoms with E-state index in [0.29, 0.717) is 6.04 Å². The summed E-state index contributed by atoms with van der Waals surface area (Å²) in [7, 11) is 2.11. The normalized spacial score (nSPS) is 27.2. The van der Waals surface area contributed by atoms with Crippen LogP contribution in [0.4, 0.5) is 0 Å². The maximum atomic E-state index is 3.54. The molecule has 1 heterocycles. The summed E-state index contributed by atoms with van der Waals surface area (Å²) < 4.78 is 1.25. The van der Waals surface area contributed by atoms with Crippen LogP contribution in [0.2, 0.25) is 0 Å². The Hall–Kier alpha value is 0.140. The van der Waals surface area contributed by atoms with Gasteiger partial charge in [0.1, 0.15) is 0 Å². The number of rotatable bonds is 4. The third-order valence-electron chi connectivity index (χ3n) is 3.73. The molecule has 16 heavy (non-hydrogen) atoms. The fourth-order valence-corrected chi connectivity index (χ4v) is 4.34. The second kappa shape index (κ2) is 5.65. The van der Waals surface area contributed by atoms with Crippen LogP contribution in [0.1, 0.15) is 31.1 Å². The molecular formula is C13H20BrNS. The SMILES string of the molecule is CNC(Cc1ccc(Br)s1)C1CCC(C)C1. The molecule has 0 bridgehead atoms. The molecule has 0 saturated heterocycles. The maximum Gasteiger partial charge on any atom is 0.0701 e. The van der Waals surface area contributed by atoms with Crippen LogP contribution >= 0.6 is 27.3 Å². The van der Waals surface area contributed by atoms with Crippen molar-refractivity contribution in [3.63, 3.8) is 0 Å². The first-order valence-electron chi connectivity index (χ1n) is 6.10. The minimum absolute atomic E-state index is 0.663. The highest BCUT2D eigenvalue weighted by molar-refractivity contribution is 9.11. The van der Waals surface area contributed by atoms with Gasteiger partial charge in [-0.2, -0.15) is 0 Å². The van der Waals surface area contributed by atoms with Gasteiger partial charge in [0, 0.05) is 10.9 Å². The van der Waals surface area contributed by atoms with Crippen LogP contribution in [0.3, 0.4) is 0 Å². The molecular weight excluding hydrogens is 282 g/mol. The molecule has 3 heteroatoms. The Balaban J connectivity index is 1.95. The van der Waals surface area contributed by atoms with E-state index >= 15 is 0 Å². The highest BCUT2D eigenvalue weighted by atomic mass is 79.9. The van der Waals surface area contributed by atoms with E-state index in [-0.39, 0.29) is 0 Å². The molecule has 0 aliphatic heterocycles. The molecule has 90 valence electrons. The lowest BCUT2D eigenvalue weighted by Crippen LogP contribution is -2.34. The van der Waals surface area contributed by atoms with Gasteiger partial charge in [-0.1, -0.05) is 13.3 Å². The van der Waals surface area contributed by atoms with Crippen molar-refractivity contribution in [2.45, 2.75) is 38.6 Å². The van der Waals surface area contributed by atoms with Gasteiger partial charge in [0.15, 0.2) is 0 Å². The predicted molar refractivity (Wildman–Crippen MR) is 75.1 cm³/mol. The summed E-state index contributed by atoms with van der Waals surface area (Å²) in [5.41, 5.74) is 0. The van der Waals surface area contributed by atoms with Crippen molar-refractivity contribution in [3.8, 4) is 0 Å². The average Bonchev–Trinajstić information content (AvgIpc) is 2.84.